The first-order valence-electron chi connectivity index (χ1n) is 6.69. The van der Waals surface area contributed by atoms with Gasteiger partial charge in [0.2, 0.25) is 0 Å². The summed E-state index contributed by atoms with van der Waals surface area (Å²) in [5, 5.41) is 3.29. The second-order valence-corrected chi connectivity index (χ2v) is 4.82. The largest absolute Gasteiger partial charge is 0.310 e. The number of halogens is 2. The zero-order chi connectivity index (χ0) is 14.5. The van der Waals surface area contributed by atoms with Gasteiger partial charge in [0.1, 0.15) is 11.6 Å². The van der Waals surface area contributed by atoms with Crippen molar-refractivity contribution in [2.24, 2.45) is 0 Å². The molecule has 2 aromatic rings. The Morgan fingerprint density at radius 2 is 1.95 bits per heavy atom. The van der Waals surface area contributed by atoms with E-state index < -0.39 is 0 Å². The van der Waals surface area contributed by atoms with Crippen molar-refractivity contribution >= 4 is 0 Å². The molecule has 106 valence electrons. The van der Waals surface area contributed by atoms with Crippen LogP contribution in [0.25, 0.3) is 0 Å². The summed E-state index contributed by atoms with van der Waals surface area (Å²) in [6.45, 7) is 4.68. The molecule has 4 heteroatoms. The maximum atomic E-state index is 13.4. The van der Waals surface area contributed by atoms with Crippen molar-refractivity contribution < 1.29 is 8.78 Å². The average molecular weight is 276 g/mol. The van der Waals surface area contributed by atoms with E-state index in [1.165, 1.54) is 24.4 Å². The number of aromatic nitrogens is 1. The molecule has 0 spiro atoms. The number of likely N-dealkylation sites (N-methyl/N-ethyl adjacent to an activating group) is 1. The highest BCUT2D eigenvalue weighted by Crippen LogP contribution is 2.21. The lowest BCUT2D eigenvalue weighted by atomic mass is 9.97. The quantitative estimate of drug-likeness (QED) is 0.903. The van der Waals surface area contributed by atoms with Gasteiger partial charge in [-0.25, -0.2) is 8.78 Å². The van der Waals surface area contributed by atoms with Crippen LogP contribution in [0.3, 0.4) is 0 Å². The molecule has 2 rings (SSSR count). The molecule has 1 atom stereocenters. The molecule has 1 aromatic carbocycles. The molecule has 0 radical (unpaired) electrons. The maximum absolute atomic E-state index is 13.4. The Balaban J connectivity index is 2.27. The van der Waals surface area contributed by atoms with Gasteiger partial charge in [-0.05, 0) is 54.8 Å². The van der Waals surface area contributed by atoms with Gasteiger partial charge in [-0.1, -0.05) is 13.0 Å². The summed E-state index contributed by atoms with van der Waals surface area (Å²) in [6, 6.07) is 6.13. The summed E-state index contributed by atoms with van der Waals surface area (Å²) in [6.07, 6.45) is 3.42. The van der Waals surface area contributed by atoms with E-state index in [-0.39, 0.29) is 17.7 Å². The normalized spacial score (nSPS) is 12.4. The number of benzene rings is 1. The van der Waals surface area contributed by atoms with Gasteiger partial charge < -0.3 is 5.32 Å². The third kappa shape index (κ3) is 3.61. The Morgan fingerprint density at radius 3 is 2.65 bits per heavy atom. The van der Waals surface area contributed by atoms with Gasteiger partial charge >= 0.3 is 0 Å². The van der Waals surface area contributed by atoms with Gasteiger partial charge in [-0.15, -0.1) is 0 Å². The van der Waals surface area contributed by atoms with Crippen molar-refractivity contribution in [2.45, 2.75) is 26.3 Å². The number of aryl methyl sites for hydroxylation is 1. The van der Waals surface area contributed by atoms with E-state index in [2.05, 4.69) is 10.3 Å². The molecule has 0 saturated heterocycles. The van der Waals surface area contributed by atoms with Crippen molar-refractivity contribution in [1.82, 2.24) is 10.3 Å². The Bertz CT molecular complexity index is 584. The second kappa shape index (κ2) is 6.57. The zero-order valence-electron chi connectivity index (χ0n) is 11.7. The minimum Gasteiger partial charge on any atom is -0.310 e. The van der Waals surface area contributed by atoms with Crippen LogP contribution in [0.5, 0.6) is 0 Å². The van der Waals surface area contributed by atoms with Crippen LogP contribution in [0.4, 0.5) is 8.78 Å². The van der Waals surface area contributed by atoms with Gasteiger partial charge in [0.25, 0.3) is 0 Å². The number of pyridine rings is 1. The van der Waals surface area contributed by atoms with E-state index in [0.29, 0.717) is 6.42 Å². The highest BCUT2D eigenvalue weighted by Gasteiger charge is 2.14. The molecule has 2 nitrogen and oxygen atoms in total. The van der Waals surface area contributed by atoms with E-state index in [4.69, 9.17) is 0 Å². The van der Waals surface area contributed by atoms with Crippen molar-refractivity contribution in [3.05, 3.63) is 65.0 Å². The molecule has 0 aliphatic rings. The summed E-state index contributed by atoms with van der Waals surface area (Å²) < 4.78 is 26.7. The van der Waals surface area contributed by atoms with Gasteiger partial charge in [-0.2, -0.15) is 0 Å². The summed E-state index contributed by atoms with van der Waals surface area (Å²) in [5.74, 6) is -0.611. The van der Waals surface area contributed by atoms with Gasteiger partial charge in [0.15, 0.2) is 0 Å². The third-order valence-corrected chi connectivity index (χ3v) is 3.31. The molecule has 20 heavy (non-hydrogen) atoms. The Labute approximate surface area is 117 Å². The number of nitrogens with zero attached hydrogens (tertiary/aromatic N) is 1. The third-order valence-electron chi connectivity index (χ3n) is 3.31. The zero-order valence-corrected chi connectivity index (χ0v) is 11.7. The molecule has 0 amide bonds. The average Bonchev–Trinajstić information content (AvgIpc) is 2.42. The molecule has 1 N–H and O–H groups in total. The van der Waals surface area contributed by atoms with E-state index in [9.17, 15) is 8.78 Å². The molecule has 1 aromatic heterocycles. The second-order valence-electron chi connectivity index (χ2n) is 4.82. The summed E-state index contributed by atoms with van der Waals surface area (Å²) in [5.41, 5.74) is 2.72. The molecule has 1 heterocycles. The fraction of sp³-hybridized carbons (Fsp3) is 0.312. The predicted molar refractivity (Wildman–Crippen MR) is 75.5 cm³/mol. The Kier molecular flexibility index (Phi) is 4.79. The molecule has 0 fully saturated rings. The summed E-state index contributed by atoms with van der Waals surface area (Å²) in [4.78, 5) is 3.88. The van der Waals surface area contributed by atoms with Crippen molar-refractivity contribution in [3.8, 4) is 0 Å². The molecular weight excluding hydrogens is 258 g/mol. The lowest BCUT2D eigenvalue weighted by molar-refractivity contribution is 0.536. The van der Waals surface area contributed by atoms with Crippen molar-refractivity contribution in [3.63, 3.8) is 0 Å². The smallest absolute Gasteiger partial charge is 0.141 e. The number of hydrogen-bond donors (Lipinski definition) is 1. The van der Waals surface area contributed by atoms with Crippen molar-refractivity contribution in [2.75, 3.05) is 6.54 Å². The van der Waals surface area contributed by atoms with Gasteiger partial charge in [-0.3, -0.25) is 4.98 Å². The fourth-order valence-corrected chi connectivity index (χ4v) is 2.25. The topological polar surface area (TPSA) is 24.9 Å². The molecule has 0 aliphatic carbocycles. The van der Waals surface area contributed by atoms with Gasteiger partial charge in [0.05, 0.1) is 6.20 Å². The number of nitrogens with one attached hydrogen (secondary N) is 1. The first kappa shape index (κ1) is 14.6. The van der Waals surface area contributed by atoms with Gasteiger partial charge in [0, 0.05) is 12.2 Å². The SMILES string of the molecule is CCNC(Cc1cc(F)ccc1C)c1cncc(F)c1. The van der Waals surface area contributed by atoms with E-state index in [1.807, 2.05) is 13.8 Å². The Hall–Kier alpha value is -1.81. The predicted octanol–water partition coefficient (Wildman–Crippen LogP) is 3.56. The first-order valence-corrected chi connectivity index (χ1v) is 6.69. The summed E-state index contributed by atoms with van der Waals surface area (Å²) in [7, 11) is 0. The molecule has 0 aliphatic heterocycles. The highest BCUT2D eigenvalue weighted by molar-refractivity contribution is 5.29. The monoisotopic (exact) mass is 276 g/mol. The van der Waals surface area contributed by atoms with Crippen LogP contribution in [-0.2, 0) is 6.42 Å². The highest BCUT2D eigenvalue weighted by atomic mass is 19.1. The van der Waals surface area contributed by atoms with Crippen LogP contribution < -0.4 is 5.32 Å². The van der Waals surface area contributed by atoms with Crippen molar-refractivity contribution in [1.29, 1.82) is 0 Å². The van der Waals surface area contributed by atoms with Crippen LogP contribution in [0, 0.1) is 18.6 Å². The lowest BCUT2D eigenvalue weighted by Crippen LogP contribution is -2.23. The minimum atomic E-state index is -0.360. The Morgan fingerprint density at radius 1 is 1.15 bits per heavy atom. The number of hydrogen-bond acceptors (Lipinski definition) is 2. The van der Waals surface area contributed by atoms with Crippen LogP contribution in [-0.4, -0.2) is 11.5 Å². The standard InChI is InChI=1S/C16H18F2N2/c1-3-20-16(13-7-15(18)10-19-9-13)8-12-6-14(17)5-4-11(12)2/h4-7,9-10,16,20H,3,8H2,1-2H3. The van der Waals surface area contributed by atoms with Crippen LogP contribution >= 0.6 is 0 Å². The van der Waals surface area contributed by atoms with E-state index in [1.54, 1.807) is 12.3 Å². The fourth-order valence-electron chi connectivity index (χ4n) is 2.25. The molecular formula is C16H18F2N2. The minimum absolute atomic E-state index is 0.0799. The van der Waals surface area contributed by atoms with Crippen LogP contribution in [0.15, 0.2) is 36.7 Å². The summed E-state index contributed by atoms with van der Waals surface area (Å²) >= 11 is 0. The van der Waals surface area contributed by atoms with E-state index >= 15 is 0 Å². The van der Waals surface area contributed by atoms with E-state index in [0.717, 1.165) is 23.2 Å². The lowest BCUT2D eigenvalue weighted by Gasteiger charge is -2.19. The number of rotatable bonds is 5. The molecule has 0 saturated carbocycles. The molecule has 1 unspecified atom stereocenters. The van der Waals surface area contributed by atoms with Crippen LogP contribution in [0.1, 0.15) is 29.7 Å². The maximum Gasteiger partial charge on any atom is 0.141 e. The van der Waals surface area contributed by atoms with Crippen LogP contribution in [0.2, 0.25) is 0 Å². The first-order chi connectivity index (χ1) is 9.60. The molecule has 0 bridgehead atoms.